The molecular weight excluding hydrogens is 352 g/mol. The number of amides is 1. The molecule has 0 aliphatic rings. The van der Waals surface area contributed by atoms with Gasteiger partial charge in [-0.2, -0.15) is 0 Å². The minimum atomic E-state index is -0.301. The van der Waals surface area contributed by atoms with Crippen LogP contribution in [0.3, 0.4) is 0 Å². The Morgan fingerprint density at radius 1 is 1.00 bits per heavy atom. The van der Waals surface area contributed by atoms with Crippen LogP contribution in [0, 0.1) is 0 Å². The maximum Gasteiger partial charge on any atom is 0.274 e. The van der Waals surface area contributed by atoms with Crippen molar-refractivity contribution in [1.82, 2.24) is 9.97 Å². The van der Waals surface area contributed by atoms with E-state index < -0.39 is 0 Å². The van der Waals surface area contributed by atoms with Crippen LogP contribution in [0.15, 0.2) is 60.9 Å². The van der Waals surface area contributed by atoms with Gasteiger partial charge in [0.2, 0.25) is 0 Å². The fourth-order valence-electron chi connectivity index (χ4n) is 2.65. The Morgan fingerprint density at radius 2 is 1.68 bits per heavy atom. The third kappa shape index (κ3) is 5.07. The molecule has 0 aliphatic heterocycles. The standard InChI is InChI=1S/C22H24N4O2/c1-4-28-19-11-9-18(10-12-19)26-22(27)20-13-21(24-14-23-20)25-17-7-5-16(6-8-17)15(2)3/h5-15H,4H2,1-3H3,(H,26,27)(H,23,24,25). The van der Waals surface area contributed by atoms with Crippen molar-refractivity contribution in [3.8, 4) is 5.75 Å². The fourth-order valence-corrected chi connectivity index (χ4v) is 2.65. The number of carbonyl (C=O) groups excluding carboxylic acids is 1. The van der Waals surface area contributed by atoms with E-state index in [0.717, 1.165) is 11.4 Å². The minimum absolute atomic E-state index is 0.283. The molecule has 3 aromatic rings. The van der Waals surface area contributed by atoms with Gasteiger partial charge in [-0.05, 0) is 54.8 Å². The Hall–Kier alpha value is -3.41. The molecule has 3 rings (SSSR count). The van der Waals surface area contributed by atoms with Crippen molar-refractivity contribution in [3.05, 3.63) is 72.2 Å². The molecule has 144 valence electrons. The summed E-state index contributed by atoms with van der Waals surface area (Å²) in [4.78, 5) is 20.8. The Labute approximate surface area is 165 Å². The number of nitrogens with one attached hydrogen (secondary N) is 2. The van der Waals surface area contributed by atoms with Gasteiger partial charge in [0.15, 0.2) is 0 Å². The van der Waals surface area contributed by atoms with Gasteiger partial charge in [-0.3, -0.25) is 4.79 Å². The Balaban J connectivity index is 1.67. The zero-order valence-corrected chi connectivity index (χ0v) is 16.3. The van der Waals surface area contributed by atoms with Crippen molar-refractivity contribution in [1.29, 1.82) is 0 Å². The lowest BCUT2D eigenvalue weighted by Crippen LogP contribution is -2.14. The Morgan fingerprint density at radius 3 is 2.32 bits per heavy atom. The fraction of sp³-hybridized carbons (Fsp3) is 0.227. The van der Waals surface area contributed by atoms with Crippen LogP contribution in [-0.2, 0) is 0 Å². The summed E-state index contributed by atoms with van der Waals surface area (Å²) >= 11 is 0. The van der Waals surface area contributed by atoms with E-state index in [1.807, 2.05) is 31.2 Å². The number of benzene rings is 2. The average Bonchev–Trinajstić information content (AvgIpc) is 2.70. The highest BCUT2D eigenvalue weighted by Crippen LogP contribution is 2.20. The molecule has 0 unspecified atom stereocenters. The van der Waals surface area contributed by atoms with Crippen LogP contribution in [0.5, 0.6) is 5.75 Å². The van der Waals surface area contributed by atoms with Crippen molar-refractivity contribution >= 4 is 23.1 Å². The number of hydrogen-bond acceptors (Lipinski definition) is 5. The summed E-state index contributed by atoms with van der Waals surface area (Å²) in [5, 5.41) is 6.03. The van der Waals surface area contributed by atoms with Crippen LogP contribution >= 0.6 is 0 Å². The van der Waals surface area contributed by atoms with Gasteiger partial charge < -0.3 is 15.4 Å². The number of rotatable bonds is 7. The van der Waals surface area contributed by atoms with Gasteiger partial charge in [0.25, 0.3) is 5.91 Å². The molecule has 1 amide bonds. The van der Waals surface area contributed by atoms with Crippen LogP contribution in [0.1, 0.15) is 42.7 Å². The smallest absolute Gasteiger partial charge is 0.274 e. The minimum Gasteiger partial charge on any atom is -0.494 e. The number of ether oxygens (including phenoxy) is 1. The molecule has 6 heteroatoms. The second kappa shape index (κ2) is 8.99. The summed E-state index contributed by atoms with van der Waals surface area (Å²) in [5.74, 6) is 1.50. The van der Waals surface area contributed by atoms with E-state index in [4.69, 9.17) is 4.74 Å². The van der Waals surface area contributed by atoms with Gasteiger partial charge in [-0.25, -0.2) is 9.97 Å². The first-order chi connectivity index (χ1) is 13.5. The summed E-state index contributed by atoms with van der Waals surface area (Å²) in [6, 6.07) is 17.0. The van der Waals surface area contributed by atoms with E-state index in [1.165, 1.54) is 11.9 Å². The summed E-state index contributed by atoms with van der Waals surface area (Å²) in [6.45, 7) is 6.84. The molecule has 0 saturated heterocycles. The lowest BCUT2D eigenvalue weighted by Gasteiger charge is -2.10. The van der Waals surface area contributed by atoms with E-state index in [2.05, 4.69) is 46.6 Å². The van der Waals surface area contributed by atoms with Crippen molar-refractivity contribution in [2.45, 2.75) is 26.7 Å². The van der Waals surface area contributed by atoms with Crippen LogP contribution in [0.2, 0.25) is 0 Å². The van der Waals surface area contributed by atoms with Crippen LogP contribution in [0.25, 0.3) is 0 Å². The zero-order valence-electron chi connectivity index (χ0n) is 16.3. The lowest BCUT2D eigenvalue weighted by atomic mass is 10.0. The summed E-state index contributed by atoms with van der Waals surface area (Å²) in [5.41, 5.74) is 3.13. The molecule has 0 bridgehead atoms. The monoisotopic (exact) mass is 376 g/mol. The third-order valence-electron chi connectivity index (χ3n) is 4.17. The number of carbonyl (C=O) groups is 1. The maximum absolute atomic E-state index is 12.5. The highest BCUT2D eigenvalue weighted by Gasteiger charge is 2.10. The second-order valence-corrected chi connectivity index (χ2v) is 6.60. The largest absolute Gasteiger partial charge is 0.494 e. The molecule has 2 aromatic carbocycles. The summed E-state index contributed by atoms with van der Waals surface area (Å²) in [7, 11) is 0. The topological polar surface area (TPSA) is 76.1 Å². The molecular formula is C22H24N4O2. The molecule has 1 heterocycles. The first kappa shape index (κ1) is 19.4. The molecule has 0 fully saturated rings. The van der Waals surface area contributed by atoms with Gasteiger partial charge >= 0.3 is 0 Å². The lowest BCUT2D eigenvalue weighted by molar-refractivity contribution is 0.102. The van der Waals surface area contributed by atoms with Gasteiger partial charge in [0.1, 0.15) is 23.6 Å². The predicted molar refractivity (Wildman–Crippen MR) is 111 cm³/mol. The maximum atomic E-state index is 12.5. The predicted octanol–water partition coefficient (Wildman–Crippen LogP) is 4.99. The van der Waals surface area contributed by atoms with E-state index in [9.17, 15) is 4.79 Å². The molecule has 0 radical (unpaired) electrons. The molecule has 6 nitrogen and oxygen atoms in total. The van der Waals surface area contributed by atoms with Gasteiger partial charge in [-0.1, -0.05) is 26.0 Å². The average molecular weight is 376 g/mol. The molecule has 0 atom stereocenters. The highest BCUT2D eigenvalue weighted by atomic mass is 16.5. The van der Waals surface area contributed by atoms with Crippen molar-refractivity contribution in [2.75, 3.05) is 17.2 Å². The SMILES string of the molecule is CCOc1ccc(NC(=O)c2cc(Nc3ccc(C(C)C)cc3)ncn2)cc1. The van der Waals surface area contributed by atoms with Crippen molar-refractivity contribution < 1.29 is 9.53 Å². The van der Waals surface area contributed by atoms with Crippen LogP contribution < -0.4 is 15.4 Å². The van der Waals surface area contributed by atoms with Crippen LogP contribution in [0.4, 0.5) is 17.2 Å². The molecule has 1 aromatic heterocycles. The second-order valence-electron chi connectivity index (χ2n) is 6.60. The molecule has 0 saturated carbocycles. The van der Waals surface area contributed by atoms with E-state index in [-0.39, 0.29) is 11.6 Å². The summed E-state index contributed by atoms with van der Waals surface area (Å²) in [6.07, 6.45) is 1.37. The molecule has 28 heavy (non-hydrogen) atoms. The number of nitrogens with zero attached hydrogens (tertiary/aromatic N) is 2. The highest BCUT2D eigenvalue weighted by molar-refractivity contribution is 6.03. The first-order valence-electron chi connectivity index (χ1n) is 9.28. The van der Waals surface area contributed by atoms with E-state index in [0.29, 0.717) is 24.0 Å². The Kier molecular flexibility index (Phi) is 6.22. The summed E-state index contributed by atoms with van der Waals surface area (Å²) < 4.78 is 5.40. The van der Waals surface area contributed by atoms with Gasteiger partial charge in [0, 0.05) is 17.4 Å². The van der Waals surface area contributed by atoms with E-state index >= 15 is 0 Å². The van der Waals surface area contributed by atoms with Crippen molar-refractivity contribution in [3.63, 3.8) is 0 Å². The number of anilines is 3. The molecule has 2 N–H and O–H groups in total. The third-order valence-corrected chi connectivity index (χ3v) is 4.17. The van der Waals surface area contributed by atoms with E-state index in [1.54, 1.807) is 18.2 Å². The number of hydrogen-bond donors (Lipinski definition) is 2. The van der Waals surface area contributed by atoms with Crippen LogP contribution in [-0.4, -0.2) is 22.5 Å². The first-order valence-corrected chi connectivity index (χ1v) is 9.28. The van der Waals surface area contributed by atoms with Gasteiger partial charge in [-0.15, -0.1) is 0 Å². The molecule has 0 aliphatic carbocycles. The Bertz CT molecular complexity index is 922. The normalized spacial score (nSPS) is 10.6. The quantitative estimate of drug-likeness (QED) is 0.607. The van der Waals surface area contributed by atoms with Crippen molar-refractivity contribution in [2.24, 2.45) is 0 Å². The van der Waals surface area contributed by atoms with Gasteiger partial charge in [0.05, 0.1) is 6.61 Å². The number of aromatic nitrogens is 2. The zero-order chi connectivity index (χ0) is 19.9. The molecule has 0 spiro atoms.